The molecule has 1 amide bonds. The van der Waals surface area contributed by atoms with Gasteiger partial charge < -0.3 is 9.73 Å². The summed E-state index contributed by atoms with van der Waals surface area (Å²) in [6, 6.07) is 19.3. The van der Waals surface area contributed by atoms with E-state index in [0.717, 1.165) is 10.5 Å². The molecule has 6 nitrogen and oxygen atoms in total. The third kappa shape index (κ3) is 5.88. The lowest BCUT2D eigenvalue weighted by molar-refractivity contribution is -0.113. The number of nitrogens with zero attached hydrogens (tertiary/aromatic N) is 3. The molecule has 0 saturated carbocycles. The molecule has 8 heteroatoms. The van der Waals surface area contributed by atoms with Crippen LogP contribution in [0.3, 0.4) is 0 Å². The van der Waals surface area contributed by atoms with Crippen LogP contribution in [0.5, 0.6) is 0 Å². The van der Waals surface area contributed by atoms with Crippen LogP contribution in [0.4, 0.5) is 5.69 Å². The van der Waals surface area contributed by atoms with E-state index in [1.54, 1.807) is 0 Å². The van der Waals surface area contributed by atoms with E-state index < -0.39 is 0 Å². The highest BCUT2D eigenvalue weighted by Gasteiger charge is 2.12. The quantitative estimate of drug-likeness (QED) is 0.575. The van der Waals surface area contributed by atoms with Crippen LogP contribution < -0.4 is 5.32 Å². The number of para-hydroxylation sites is 1. The lowest BCUT2D eigenvalue weighted by Gasteiger charge is -2.08. The number of thioether (sulfide) groups is 2. The van der Waals surface area contributed by atoms with Gasteiger partial charge in [0.2, 0.25) is 11.8 Å². The van der Waals surface area contributed by atoms with Crippen molar-refractivity contribution in [2.75, 3.05) is 16.8 Å². The smallest absolute Gasteiger partial charge is 0.277 e. The fraction of sp³-hybridized carbons (Fsp3) is 0.158. The molecule has 0 aliphatic heterocycles. The van der Waals surface area contributed by atoms with Crippen molar-refractivity contribution >= 4 is 35.1 Å². The summed E-state index contributed by atoms with van der Waals surface area (Å²) in [4.78, 5) is 13.1. The first-order valence-electron chi connectivity index (χ1n) is 8.12. The van der Waals surface area contributed by atoms with Crippen LogP contribution in [0.15, 0.2) is 69.1 Å². The Kier molecular flexibility index (Phi) is 6.90. The molecular formula is C19H16N4O2S2. The maximum Gasteiger partial charge on any atom is 0.277 e. The van der Waals surface area contributed by atoms with Crippen LogP contribution >= 0.6 is 23.5 Å². The molecule has 0 aliphatic rings. The largest absolute Gasteiger partial charge is 0.416 e. The van der Waals surface area contributed by atoms with Gasteiger partial charge in [-0.05, 0) is 17.7 Å². The molecule has 1 aromatic heterocycles. The molecule has 0 unspecified atom stereocenters. The van der Waals surface area contributed by atoms with Crippen molar-refractivity contribution in [3.05, 3.63) is 66.1 Å². The molecule has 0 saturated heterocycles. The van der Waals surface area contributed by atoms with Crippen molar-refractivity contribution in [3.8, 4) is 6.07 Å². The first-order chi connectivity index (χ1) is 13.2. The second kappa shape index (κ2) is 9.80. The Morgan fingerprint density at radius 2 is 1.85 bits per heavy atom. The van der Waals surface area contributed by atoms with Crippen molar-refractivity contribution in [2.45, 2.75) is 16.5 Å². The fourth-order valence-electron chi connectivity index (χ4n) is 2.26. The van der Waals surface area contributed by atoms with Gasteiger partial charge in [0, 0.05) is 4.90 Å². The Bertz CT molecular complexity index is 938. The molecule has 0 aliphatic carbocycles. The Morgan fingerprint density at radius 1 is 1.07 bits per heavy atom. The molecule has 0 spiro atoms. The van der Waals surface area contributed by atoms with Gasteiger partial charge in [-0.3, -0.25) is 4.79 Å². The fourth-order valence-corrected chi connectivity index (χ4v) is 3.51. The Hall–Kier alpha value is -2.76. The number of hydrogen-bond donors (Lipinski definition) is 1. The number of carbonyl (C=O) groups is 1. The predicted octanol–water partition coefficient (Wildman–Crippen LogP) is 4.01. The maximum atomic E-state index is 12.2. The van der Waals surface area contributed by atoms with Crippen molar-refractivity contribution in [2.24, 2.45) is 0 Å². The third-order valence-electron chi connectivity index (χ3n) is 3.43. The van der Waals surface area contributed by atoms with Crippen LogP contribution in [-0.2, 0) is 11.2 Å². The summed E-state index contributed by atoms with van der Waals surface area (Å²) >= 11 is 2.58. The zero-order valence-electron chi connectivity index (χ0n) is 14.3. The van der Waals surface area contributed by atoms with Crippen molar-refractivity contribution in [1.82, 2.24) is 10.2 Å². The number of nitriles is 1. The van der Waals surface area contributed by atoms with E-state index in [1.807, 2.05) is 54.6 Å². The van der Waals surface area contributed by atoms with Gasteiger partial charge in [0.05, 0.1) is 29.7 Å². The normalized spacial score (nSPS) is 10.3. The number of aromatic nitrogens is 2. The minimum atomic E-state index is -0.173. The second-order valence-electron chi connectivity index (χ2n) is 5.40. The zero-order chi connectivity index (χ0) is 18.9. The van der Waals surface area contributed by atoms with Gasteiger partial charge in [-0.15, -0.1) is 22.0 Å². The molecule has 0 atom stereocenters. The van der Waals surface area contributed by atoms with Gasteiger partial charge in [0.1, 0.15) is 0 Å². The van der Waals surface area contributed by atoms with Crippen LogP contribution in [0.1, 0.15) is 11.5 Å². The molecular weight excluding hydrogens is 380 g/mol. The van der Waals surface area contributed by atoms with E-state index in [0.29, 0.717) is 29.0 Å². The first kappa shape index (κ1) is 19.0. The average Bonchev–Trinajstić information content (AvgIpc) is 3.14. The summed E-state index contributed by atoms with van der Waals surface area (Å²) in [6.07, 6.45) is 0.560. The molecule has 2 aromatic carbocycles. The minimum absolute atomic E-state index is 0.157. The predicted molar refractivity (Wildman–Crippen MR) is 106 cm³/mol. The van der Waals surface area contributed by atoms with Crippen molar-refractivity contribution in [3.63, 3.8) is 0 Å². The maximum absolute atomic E-state index is 12.2. The summed E-state index contributed by atoms with van der Waals surface area (Å²) in [5.74, 6) is 0.827. The second-order valence-corrected chi connectivity index (χ2v) is 7.35. The third-order valence-corrected chi connectivity index (χ3v) is 5.19. The van der Waals surface area contributed by atoms with E-state index in [1.165, 1.54) is 23.5 Å². The molecule has 1 N–H and O–H groups in total. The molecule has 27 heavy (non-hydrogen) atoms. The summed E-state index contributed by atoms with van der Waals surface area (Å²) in [5, 5.41) is 19.9. The number of amides is 1. The summed E-state index contributed by atoms with van der Waals surface area (Å²) < 4.78 is 5.59. The number of anilines is 1. The van der Waals surface area contributed by atoms with E-state index in [-0.39, 0.29) is 11.7 Å². The molecule has 3 rings (SSSR count). The number of nitrogens with one attached hydrogen (secondary N) is 1. The average molecular weight is 396 g/mol. The van der Waals surface area contributed by atoms with Crippen molar-refractivity contribution < 1.29 is 9.21 Å². The summed E-state index contributed by atoms with van der Waals surface area (Å²) in [5.41, 5.74) is 1.78. The van der Waals surface area contributed by atoms with Crippen LogP contribution in [0.25, 0.3) is 0 Å². The number of hydrogen-bond acceptors (Lipinski definition) is 7. The number of carbonyl (C=O) groups excluding carboxylic acids is 1. The zero-order valence-corrected chi connectivity index (χ0v) is 15.9. The van der Waals surface area contributed by atoms with Crippen molar-refractivity contribution in [1.29, 1.82) is 5.26 Å². The Balaban J connectivity index is 1.52. The highest BCUT2D eigenvalue weighted by atomic mass is 32.2. The molecule has 1 heterocycles. The lowest BCUT2D eigenvalue weighted by atomic mass is 10.2. The minimum Gasteiger partial charge on any atom is -0.416 e. The molecule has 136 valence electrons. The standard InChI is InChI=1S/C19H16N4O2S2/c20-10-11-26-16-9-5-4-8-15(16)21-17(24)13-27-19-23-22-18(25-19)12-14-6-2-1-3-7-14/h1-9H,11-13H2,(H,21,24). The van der Waals surface area contributed by atoms with Crippen LogP contribution in [0, 0.1) is 11.3 Å². The van der Waals surface area contributed by atoms with Gasteiger partial charge in [0.15, 0.2) is 0 Å². The van der Waals surface area contributed by atoms with E-state index in [9.17, 15) is 4.79 Å². The summed E-state index contributed by atoms with van der Waals surface area (Å²) in [6.45, 7) is 0. The van der Waals surface area contributed by atoms with E-state index in [4.69, 9.17) is 9.68 Å². The highest BCUT2D eigenvalue weighted by molar-refractivity contribution is 8.00. The van der Waals surface area contributed by atoms with Gasteiger partial charge in [-0.25, -0.2) is 0 Å². The summed E-state index contributed by atoms with van der Waals surface area (Å²) in [7, 11) is 0. The van der Waals surface area contributed by atoms with Gasteiger partial charge in [-0.1, -0.05) is 54.2 Å². The molecule has 0 bridgehead atoms. The monoisotopic (exact) mass is 396 g/mol. The van der Waals surface area contributed by atoms with Gasteiger partial charge in [0.25, 0.3) is 5.22 Å². The van der Waals surface area contributed by atoms with E-state index in [2.05, 4.69) is 21.6 Å². The van der Waals surface area contributed by atoms with E-state index >= 15 is 0 Å². The lowest BCUT2D eigenvalue weighted by Crippen LogP contribution is -2.14. The molecule has 0 radical (unpaired) electrons. The van der Waals surface area contributed by atoms with Crippen LogP contribution in [-0.4, -0.2) is 27.6 Å². The van der Waals surface area contributed by atoms with Crippen LogP contribution in [0.2, 0.25) is 0 Å². The molecule has 0 fully saturated rings. The SMILES string of the molecule is N#CCSc1ccccc1NC(=O)CSc1nnc(Cc2ccccc2)o1. The Morgan fingerprint density at radius 3 is 2.67 bits per heavy atom. The highest BCUT2D eigenvalue weighted by Crippen LogP contribution is 2.27. The number of rotatable bonds is 8. The molecule has 3 aromatic rings. The topological polar surface area (TPSA) is 91.8 Å². The first-order valence-corrected chi connectivity index (χ1v) is 10.1. The van der Waals surface area contributed by atoms with Gasteiger partial charge in [-0.2, -0.15) is 5.26 Å². The number of benzene rings is 2. The van der Waals surface area contributed by atoms with Gasteiger partial charge >= 0.3 is 0 Å². The Labute approximate surface area is 165 Å².